The Morgan fingerprint density at radius 1 is 1.29 bits per heavy atom. The monoisotopic (exact) mass is 313 g/mol. The summed E-state index contributed by atoms with van der Waals surface area (Å²) < 4.78 is 44.6. The van der Waals surface area contributed by atoms with Crippen molar-refractivity contribution >= 4 is 10.0 Å². The molecule has 0 atom stereocenters. The molecule has 0 radical (unpaired) electrons. The normalized spacial score (nSPS) is 12.0. The summed E-state index contributed by atoms with van der Waals surface area (Å²) in [6, 6.07) is 6.79. The molecule has 2 rings (SSSR count). The summed E-state index contributed by atoms with van der Waals surface area (Å²) in [4.78, 5) is -0.0706. The quantitative estimate of drug-likeness (QED) is 0.917. The zero-order valence-electron chi connectivity index (χ0n) is 11.7. The number of sulfonamides is 1. The fourth-order valence-corrected chi connectivity index (χ4v) is 3.08. The van der Waals surface area contributed by atoms with E-state index in [-0.39, 0.29) is 17.0 Å². The highest BCUT2D eigenvalue weighted by Crippen LogP contribution is 2.20. The molecule has 0 spiro atoms. The summed E-state index contributed by atoms with van der Waals surface area (Å²) in [6.45, 7) is 1.28. The minimum Gasteiger partial charge on any atom is -0.465 e. The second kappa shape index (κ2) is 5.97. The van der Waals surface area contributed by atoms with E-state index >= 15 is 0 Å². The van der Waals surface area contributed by atoms with Crippen molar-refractivity contribution in [2.45, 2.75) is 25.0 Å². The lowest BCUT2D eigenvalue weighted by Crippen LogP contribution is -2.26. The minimum atomic E-state index is -3.78. The predicted octanol–water partition coefficient (Wildman–Crippen LogP) is 2.04. The zero-order valence-corrected chi connectivity index (χ0v) is 12.5. The summed E-state index contributed by atoms with van der Waals surface area (Å²) in [5.41, 5.74) is -0.0571. The predicted molar refractivity (Wildman–Crippen MR) is 74.4 cm³/mol. The van der Waals surface area contributed by atoms with Crippen molar-refractivity contribution in [3.63, 3.8) is 0 Å². The maximum absolute atomic E-state index is 13.3. The summed E-state index contributed by atoms with van der Waals surface area (Å²) >= 11 is 0. The van der Waals surface area contributed by atoms with Crippen molar-refractivity contribution in [1.29, 1.82) is 0 Å². The van der Waals surface area contributed by atoms with Crippen LogP contribution in [0.2, 0.25) is 0 Å². The Balaban J connectivity index is 2.28. The van der Waals surface area contributed by atoms with Gasteiger partial charge in [0.1, 0.15) is 17.3 Å². The third-order valence-corrected chi connectivity index (χ3v) is 4.87. The van der Waals surface area contributed by atoms with Crippen LogP contribution in [0.1, 0.15) is 17.1 Å². The lowest BCUT2D eigenvalue weighted by Gasteiger charge is -2.16. The lowest BCUT2D eigenvalue weighted by molar-refractivity contribution is 0.275. The third kappa shape index (κ3) is 3.31. The Bertz CT molecular complexity index is 739. The average molecular weight is 313 g/mol. The van der Waals surface area contributed by atoms with Gasteiger partial charge in [-0.2, -0.15) is 4.31 Å². The molecule has 1 heterocycles. The van der Waals surface area contributed by atoms with Crippen LogP contribution in [0.25, 0.3) is 0 Å². The van der Waals surface area contributed by atoms with E-state index in [1.165, 1.54) is 13.1 Å². The van der Waals surface area contributed by atoms with Crippen LogP contribution in [0.5, 0.6) is 0 Å². The number of furan rings is 1. The number of aliphatic hydroxyl groups is 1. The number of hydrogen-bond donors (Lipinski definition) is 1. The molecule has 1 N–H and O–H groups in total. The van der Waals surface area contributed by atoms with Crippen molar-refractivity contribution in [3.05, 3.63) is 53.2 Å². The van der Waals surface area contributed by atoms with Crippen molar-refractivity contribution in [2.75, 3.05) is 7.05 Å². The zero-order chi connectivity index (χ0) is 15.6. The fraction of sp³-hybridized carbons (Fsp3) is 0.286. The van der Waals surface area contributed by atoms with E-state index in [4.69, 9.17) is 9.52 Å². The maximum atomic E-state index is 13.3. The van der Waals surface area contributed by atoms with Gasteiger partial charge in [-0.05, 0) is 37.3 Å². The maximum Gasteiger partial charge on any atom is 0.243 e. The van der Waals surface area contributed by atoms with Gasteiger partial charge in [0.2, 0.25) is 10.0 Å². The first-order valence-electron chi connectivity index (χ1n) is 6.25. The highest BCUT2D eigenvalue weighted by molar-refractivity contribution is 7.89. The molecule has 0 bridgehead atoms. The Labute approximate surface area is 122 Å². The van der Waals surface area contributed by atoms with Crippen LogP contribution in [-0.4, -0.2) is 24.9 Å². The van der Waals surface area contributed by atoms with E-state index in [9.17, 15) is 12.8 Å². The molecular weight excluding hydrogens is 297 g/mol. The average Bonchev–Trinajstić information content (AvgIpc) is 2.84. The molecule has 0 fully saturated rings. The third-order valence-electron chi connectivity index (χ3n) is 3.07. The van der Waals surface area contributed by atoms with Gasteiger partial charge in [-0.25, -0.2) is 12.8 Å². The van der Waals surface area contributed by atoms with Gasteiger partial charge in [0.15, 0.2) is 0 Å². The minimum absolute atomic E-state index is 0.0571. The molecule has 0 aliphatic rings. The molecular formula is C14H16FNO4S. The SMILES string of the molecule is Cc1ccc(CN(C)S(=O)(=O)c2ccc(F)c(CO)c2)o1. The molecule has 0 unspecified atom stereocenters. The number of halogens is 1. The van der Waals surface area contributed by atoms with Crippen LogP contribution in [0.3, 0.4) is 0 Å². The number of aryl methyl sites for hydroxylation is 1. The number of aliphatic hydroxyl groups excluding tert-OH is 1. The standard InChI is InChI=1S/C14H16FNO4S/c1-10-3-4-12(20-10)8-16(2)21(18,19)13-5-6-14(15)11(7-13)9-17/h3-7,17H,8-9H2,1-2H3. The fourth-order valence-electron chi connectivity index (χ4n) is 1.89. The first-order chi connectivity index (χ1) is 9.84. The second-order valence-corrected chi connectivity index (χ2v) is 6.73. The molecule has 2 aromatic rings. The number of hydrogen-bond acceptors (Lipinski definition) is 4. The first-order valence-corrected chi connectivity index (χ1v) is 7.69. The highest BCUT2D eigenvalue weighted by atomic mass is 32.2. The van der Waals surface area contributed by atoms with Crippen LogP contribution in [0, 0.1) is 12.7 Å². The molecule has 1 aromatic carbocycles. The van der Waals surface area contributed by atoms with E-state index in [0.29, 0.717) is 11.5 Å². The van der Waals surface area contributed by atoms with Crippen LogP contribution >= 0.6 is 0 Å². The summed E-state index contributed by atoms with van der Waals surface area (Å²) in [7, 11) is -2.37. The van der Waals surface area contributed by atoms with Gasteiger partial charge >= 0.3 is 0 Å². The molecule has 114 valence electrons. The Morgan fingerprint density at radius 3 is 2.57 bits per heavy atom. The number of benzene rings is 1. The molecule has 0 saturated carbocycles. The van der Waals surface area contributed by atoms with E-state index in [1.807, 2.05) is 0 Å². The lowest BCUT2D eigenvalue weighted by atomic mass is 10.2. The van der Waals surface area contributed by atoms with Crippen LogP contribution in [0.15, 0.2) is 39.6 Å². The summed E-state index contributed by atoms with van der Waals surface area (Å²) in [5.74, 6) is 0.573. The molecule has 0 saturated heterocycles. The van der Waals surface area contributed by atoms with Gasteiger partial charge in [0.05, 0.1) is 18.0 Å². The van der Waals surface area contributed by atoms with E-state index < -0.39 is 22.4 Å². The number of nitrogens with zero attached hydrogens (tertiary/aromatic N) is 1. The van der Waals surface area contributed by atoms with Crippen molar-refractivity contribution < 1.29 is 22.3 Å². The Morgan fingerprint density at radius 2 is 2.00 bits per heavy atom. The first kappa shape index (κ1) is 15.7. The van der Waals surface area contributed by atoms with Crippen molar-refractivity contribution in [2.24, 2.45) is 0 Å². The van der Waals surface area contributed by atoms with Gasteiger partial charge < -0.3 is 9.52 Å². The van der Waals surface area contributed by atoms with Crippen molar-refractivity contribution in [1.82, 2.24) is 4.31 Å². The van der Waals surface area contributed by atoms with Gasteiger partial charge in [-0.1, -0.05) is 0 Å². The van der Waals surface area contributed by atoms with Gasteiger partial charge in [-0.3, -0.25) is 0 Å². The topological polar surface area (TPSA) is 70.8 Å². The molecule has 0 amide bonds. The van der Waals surface area contributed by atoms with Crippen LogP contribution in [0.4, 0.5) is 4.39 Å². The smallest absolute Gasteiger partial charge is 0.243 e. The molecule has 0 aliphatic carbocycles. The second-order valence-electron chi connectivity index (χ2n) is 4.68. The van der Waals surface area contributed by atoms with E-state index in [2.05, 4.69) is 0 Å². The van der Waals surface area contributed by atoms with E-state index in [0.717, 1.165) is 16.4 Å². The van der Waals surface area contributed by atoms with Gasteiger partial charge in [0.25, 0.3) is 0 Å². The summed E-state index contributed by atoms with van der Waals surface area (Å²) in [5, 5.41) is 9.02. The Hall–Kier alpha value is -1.70. The summed E-state index contributed by atoms with van der Waals surface area (Å²) in [6.07, 6.45) is 0. The van der Waals surface area contributed by atoms with E-state index in [1.54, 1.807) is 19.1 Å². The van der Waals surface area contributed by atoms with Gasteiger partial charge in [0, 0.05) is 12.6 Å². The van der Waals surface area contributed by atoms with Crippen molar-refractivity contribution in [3.8, 4) is 0 Å². The highest BCUT2D eigenvalue weighted by Gasteiger charge is 2.23. The molecule has 5 nitrogen and oxygen atoms in total. The largest absolute Gasteiger partial charge is 0.465 e. The molecule has 1 aromatic heterocycles. The molecule has 21 heavy (non-hydrogen) atoms. The van der Waals surface area contributed by atoms with Gasteiger partial charge in [-0.15, -0.1) is 0 Å². The van der Waals surface area contributed by atoms with Crippen LogP contribution in [-0.2, 0) is 23.2 Å². The molecule has 7 heteroatoms. The molecule has 0 aliphatic heterocycles. The number of rotatable bonds is 5. The van der Waals surface area contributed by atoms with Crippen LogP contribution < -0.4 is 0 Å². The Kier molecular flexibility index (Phi) is 4.46.